The minimum absolute atomic E-state index is 0.478. The standard InChI is InChI=1S/C17H18/c1-12-13(2)15(4)17(14(12)3)11-10-16-8-6-5-7-9-16/h5-9,14H,1-4H3. The third-order valence-electron chi connectivity index (χ3n) is 3.76. The zero-order chi connectivity index (χ0) is 12.4. The molecule has 0 radical (unpaired) electrons. The van der Waals surface area contributed by atoms with Crippen molar-refractivity contribution in [1.29, 1.82) is 0 Å². The second-order valence-corrected chi connectivity index (χ2v) is 4.68. The highest BCUT2D eigenvalue weighted by atomic mass is 14.2. The predicted molar refractivity (Wildman–Crippen MR) is 73.6 cm³/mol. The summed E-state index contributed by atoms with van der Waals surface area (Å²) in [6.07, 6.45) is 0. The maximum Gasteiger partial charge on any atom is 0.0248 e. The fourth-order valence-electron chi connectivity index (χ4n) is 2.23. The Kier molecular flexibility index (Phi) is 3.20. The van der Waals surface area contributed by atoms with Crippen molar-refractivity contribution in [1.82, 2.24) is 0 Å². The quantitative estimate of drug-likeness (QED) is 0.573. The van der Waals surface area contributed by atoms with Gasteiger partial charge in [0.05, 0.1) is 0 Å². The summed E-state index contributed by atoms with van der Waals surface area (Å²) in [5, 5.41) is 0. The van der Waals surface area contributed by atoms with Crippen LogP contribution in [0.3, 0.4) is 0 Å². The first-order chi connectivity index (χ1) is 8.11. The van der Waals surface area contributed by atoms with E-state index < -0.39 is 0 Å². The van der Waals surface area contributed by atoms with Crippen molar-refractivity contribution in [2.75, 3.05) is 0 Å². The van der Waals surface area contributed by atoms with Crippen molar-refractivity contribution in [3.63, 3.8) is 0 Å². The molecular weight excluding hydrogens is 204 g/mol. The first-order valence-electron chi connectivity index (χ1n) is 6.07. The Morgan fingerprint density at radius 1 is 0.882 bits per heavy atom. The van der Waals surface area contributed by atoms with E-state index in [1.54, 1.807) is 0 Å². The lowest BCUT2D eigenvalue weighted by Gasteiger charge is -2.05. The van der Waals surface area contributed by atoms with Gasteiger partial charge in [-0.3, -0.25) is 0 Å². The summed E-state index contributed by atoms with van der Waals surface area (Å²) in [7, 11) is 0. The summed E-state index contributed by atoms with van der Waals surface area (Å²) in [6, 6.07) is 10.2. The van der Waals surface area contributed by atoms with Gasteiger partial charge < -0.3 is 0 Å². The van der Waals surface area contributed by atoms with Gasteiger partial charge in [-0.1, -0.05) is 42.5 Å². The van der Waals surface area contributed by atoms with Crippen LogP contribution in [0, 0.1) is 17.8 Å². The van der Waals surface area contributed by atoms with Crippen LogP contribution >= 0.6 is 0 Å². The molecule has 0 saturated carbocycles. The summed E-state index contributed by atoms with van der Waals surface area (Å²) in [5.74, 6) is 7.08. The lowest BCUT2D eigenvalue weighted by Crippen LogP contribution is -1.94. The minimum atomic E-state index is 0.478. The Hall–Kier alpha value is -1.74. The molecule has 1 atom stereocenters. The Balaban J connectivity index is 2.32. The summed E-state index contributed by atoms with van der Waals surface area (Å²) in [4.78, 5) is 0. The van der Waals surface area contributed by atoms with E-state index in [1.165, 1.54) is 22.3 Å². The van der Waals surface area contributed by atoms with Gasteiger partial charge in [0.15, 0.2) is 0 Å². The molecular formula is C17H18. The SMILES string of the molecule is CC1=C(C)C(C)C(C#Cc2ccccc2)=C1C. The fraction of sp³-hybridized carbons (Fsp3) is 0.294. The molecule has 0 bridgehead atoms. The first-order valence-corrected chi connectivity index (χ1v) is 6.07. The van der Waals surface area contributed by atoms with E-state index >= 15 is 0 Å². The summed E-state index contributed by atoms with van der Waals surface area (Å²) in [6.45, 7) is 8.82. The minimum Gasteiger partial charge on any atom is -0.0652 e. The van der Waals surface area contributed by atoms with Crippen LogP contribution in [0.1, 0.15) is 33.3 Å². The molecule has 1 aromatic rings. The van der Waals surface area contributed by atoms with Crippen LogP contribution in [-0.4, -0.2) is 0 Å². The Bertz CT molecular complexity index is 545. The molecule has 0 heterocycles. The highest BCUT2D eigenvalue weighted by molar-refractivity contribution is 5.55. The van der Waals surface area contributed by atoms with E-state index in [0.717, 1.165) is 5.56 Å². The summed E-state index contributed by atoms with van der Waals surface area (Å²) < 4.78 is 0. The molecule has 0 nitrogen and oxygen atoms in total. The largest absolute Gasteiger partial charge is 0.0652 e. The molecule has 86 valence electrons. The fourth-order valence-corrected chi connectivity index (χ4v) is 2.23. The second kappa shape index (κ2) is 4.63. The smallest absolute Gasteiger partial charge is 0.0248 e. The molecule has 0 N–H and O–H groups in total. The molecule has 0 saturated heterocycles. The highest BCUT2D eigenvalue weighted by Gasteiger charge is 2.21. The van der Waals surface area contributed by atoms with Gasteiger partial charge >= 0.3 is 0 Å². The molecule has 0 aliphatic heterocycles. The zero-order valence-corrected chi connectivity index (χ0v) is 11.0. The number of hydrogen-bond donors (Lipinski definition) is 0. The zero-order valence-electron chi connectivity index (χ0n) is 11.0. The normalized spacial score (nSPS) is 19.4. The van der Waals surface area contributed by atoms with Crippen molar-refractivity contribution < 1.29 is 0 Å². The Morgan fingerprint density at radius 2 is 1.53 bits per heavy atom. The third kappa shape index (κ3) is 2.19. The molecule has 1 aromatic carbocycles. The second-order valence-electron chi connectivity index (χ2n) is 4.68. The summed E-state index contributed by atoms with van der Waals surface area (Å²) in [5.41, 5.74) is 6.60. The molecule has 1 aliphatic rings. The van der Waals surface area contributed by atoms with Crippen molar-refractivity contribution >= 4 is 0 Å². The van der Waals surface area contributed by atoms with E-state index in [2.05, 4.69) is 51.7 Å². The van der Waals surface area contributed by atoms with Crippen molar-refractivity contribution in [2.24, 2.45) is 5.92 Å². The number of allylic oxidation sites excluding steroid dienone is 4. The van der Waals surface area contributed by atoms with Crippen LogP contribution in [-0.2, 0) is 0 Å². The number of hydrogen-bond acceptors (Lipinski definition) is 0. The van der Waals surface area contributed by atoms with Crippen LogP contribution in [0.4, 0.5) is 0 Å². The topological polar surface area (TPSA) is 0 Å². The Morgan fingerprint density at radius 3 is 2.06 bits per heavy atom. The van der Waals surface area contributed by atoms with Gasteiger partial charge in [-0.25, -0.2) is 0 Å². The molecule has 0 heteroatoms. The van der Waals surface area contributed by atoms with Crippen LogP contribution in [0.2, 0.25) is 0 Å². The van der Waals surface area contributed by atoms with Gasteiger partial charge in [-0.05, 0) is 44.1 Å². The van der Waals surface area contributed by atoms with Gasteiger partial charge in [-0.15, -0.1) is 0 Å². The van der Waals surface area contributed by atoms with Crippen molar-refractivity contribution in [2.45, 2.75) is 27.7 Å². The maximum atomic E-state index is 3.35. The van der Waals surface area contributed by atoms with E-state index in [1.807, 2.05) is 18.2 Å². The van der Waals surface area contributed by atoms with E-state index in [0.29, 0.717) is 5.92 Å². The molecule has 0 spiro atoms. The van der Waals surface area contributed by atoms with Gasteiger partial charge in [0.1, 0.15) is 0 Å². The molecule has 1 aliphatic carbocycles. The molecule has 0 aromatic heterocycles. The van der Waals surface area contributed by atoms with Gasteiger partial charge in [0, 0.05) is 17.1 Å². The third-order valence-corrected chi connectivity index (χ3v) is 3.76. The number of rotatable bonds is 0. The van der Waals surface area contributed by atoms with Gasteiger partial charge in [-0.2, -0.15) is 0 Å². The lowest BCUT2D eigenvalue weighted by molar-refractivity contribution is 0.844. The van der Waals surface area contributed by atoms with Crippen LogP contribution in [0.25, 0.3) is 0 Å². The average Bonchev–Trinajstić information content (AvgIpc) is 2.54. The average molecular weight is 222 g/mol. The van der Waals surface area contributed by atoms with E-state index in [9.17, 15) is 0 Å². The highest BCUT2D eigenvalue weighted by Crippen LogP contribution is 2.35. The van der Waals surface area contributed by atoms with Crippen LogP contribution < -0.4 is 0 Å². The van der Waals surface area contributed by atoms with Crippen LogP contribution in [0.5, 0.6) is 0 Å². The number of benzene rings is 1. The molecule has 1 unspecified atom stereocenters. The van der Waals surface area contributed by atoms with Crippen molar-refractivity contribution in [3.05, 3.63) is 58.2 Å². The maximum absolute atomic E-state index is 3.35. The lowest BCUT2D eigenvalue weighted by atomic mass is 9.98. The summed E-state index contributed by atoms with van der Waals surface area (Å²) >= 11 is 0. The van der Waals surface area contributed by atoms with Crippen molar-refractivity contribution in [3.8, 4) is 11.8 Å². The predicted octanol–water partition coefficient (Wildman–Crippen LogP) is 4.34. The monoisotopic (exact) mass is 222 g/mol. The van der Waals surface area contributed by atoms with Gasteiger partial charge in [0.25, 0.3) is 0 Å². The van der Waals surface area contributed by atoms with E-state index in [4.69, 9.17) is 0 Å². The molecule has 17 heavy (non-hydrogen) atoms. The molecule has 0 amide bonds. The van der Waals surface area contributed by atoms with Crippen LogP contribution in [0.15, 0.2) is 52.6 Å². The first kappa shape index (κ1) is 11.7. The Labute approximate surface area is 104 Å². The molecule has 2 rings (SSSR count). The van der Waals surface area contributed by atoms with E-state index in [-0.39, 0.29) is 0 Å². The van der Waals surface area contributed by atoms with Gasteiger partial charge in [0.2, 0.25) is 0 Å². The molecule has 0 fully saturated rings.